The van der Waals surface area contributed by atoms with Crippen molar-refractivity contribution in [3.8, 4) is 0 Å². The number of hydrogen-bond acceptors (Lipinski definition) is 7. The Bertz CT molecular complexity index is 1200. The summed E-state index contributed by atoms with van der Waals surface area (Å²) in [4.78, 5) is 63.9. The molecule has 4 amide bonds. The number of nitrogens with zero attached hydrogens (tertiary/aromatic N) is 3. The van der Waals surface area contributed by atoms with Crippen LogP contribution in [0.1, 0.15) is 26.3 Å². The molecule has 1 N–H and O–H groups in total. The summed E-state index contributed by atoms with van der Waals surface area (Å²) in [6, 6.07) is 11.9. The van der Waals surface area contributed by atoms with Crippen LogP contribution in [0.5, 0.6) is 0 Å². The lowest BCUT2D eigenvalue weighted by molar-refractivity contribution is -0.384. The minimum Gasteiger partial charge on any atom is -0.339 e. The number of anilines is 1. The van der Waals surface area contributed by atoms with E-state index < -0.39 is 46.8 Å². The second kappa shape index (κ2) is 10.8. The van der Waals surface area contributed by atoms with Crippen LogP contribution in [0, 0.1) is 15.5 Å². The summed E-state index contributed by atoms with van der Waals surface area (Å²) in [6.45, 7) is 4.13. The Morgan fingerprint density at radius 2 is 1.83 bits per heavy atom. The highest BCUT2D eigenvalue weighted by atomic mass is 35.5. The summed E-state index contributed by atoms with van der Waals surface area (Å²) >= 11 is 6.05. The van der Waals surface area contributed by atoms with E-state index in [2.05, 4.69) is 5.32 Å². The van der Waals surface area contributed by atoms with Crippen molar-refractivity contribution in [1.29, 1.82) is 0 Å². The highest BCUT2D eigenvalue weighted by Gasteiger charge is 2.40. The van der Waals surface area contributed by atoms with E-state index >= 15 is 0 Å². The number of nitrogens with one attached hydrogen (secondary N) is 1. The van der Waals surface area contributed by atoms with E-state index in [9.17, 15) is 29.3 Å². The van der Waals surface area contributed by atoms with E-state index in [0.29, 0.717) is 0 Å². The van der Waals surface area contributed by atoms with Gasteiger partial charge in [-0.05, 0) is 11.6 Å². The maximum atomic E-state index is 13.0. The second-order valence-corrected chi connectivity index (χ2v) is 9.55. The van der Waals surface area contributed by atoms with Gasteiger partial charge in [-0.2, -0.15) is 0 Å². The van der Waals surface area contributed by atoms with Crippen LogP contribution in [-0.2, 0) is 25.7 Å². The van der Waals surface area contributed by atoms with Gasteiger partial charge in [-0.3, -0.25) is 24.5 Å². The van der Waals surface area contributed by atoms with Gasteiger partial charge in [-0.25, -0.2) is 9.69 Å². The molecule has 36 heavy (non-hydrogen) atoms. The maximum Gasteiger partial charge on any atom is 0.329 e. The molecule has 1 aliphatic heterocycles. The number of ketones is 1. The molecule has 3 rings (SSSR count). The van der Waals surface area contributed by atoms with Gasteiger partial charge in [0.2, 0.25) is 0 Å². The molecule has 0 aliphatic carbocycles. The van der Waals surface area contributed by atoms with Gasteiger partial charge >= 0.3 is 6.03 Å². The normalized spacial score (nSPS) is 14.7. The summed E-state index contributed by atoms with van der Waals surface area (Å²) in [6.07, 6.45) is -1.72. The minimum absolute atomic E-state index is 0.0114. The Morgan fingerprint density at radius 3 is 2.44 bits per heavy atom. The number of carbonyl (C=O) groups excluding carboxylic acids is 4. The number of urea groups is 1. The summed E-state index contributed by atoms with van der Waals surface area (Å²) in [5, 5.41) is 13.5. The Hall–Kier alpha value is -3.83. The lowest BCUT2D eigenvalue weighted by Gasteiger charge is -2.26. The number of ether oxygens (including phenoxy) is 1. The number of non-ortho nitro benzene ring substituents is 1. The molecule has 1 fully saturated rings. The van der Waals surface area contributed by atoms with Crippen molar-refractivity contribution in [3.05, 3.63) is 69.2 Å². The van der Waals surface area contributed by atoms with Crippen LogP contribution in [0.25, 0.3) is 0 Å². The van der Waals surface area contributed by atoms with Gasteiger partial charge in [0, 0.05) is 24.1 Å². The zero-order valence-electron chi connectivity index (χ0n) is 19.9. The number of Topliss-reactive ketones (excluding diaryl/α,β-unsaturated/α-hetero) is 1. The molecule has 12 heteroatoms. The fourth-order valence-corrected chi connectivity index (χ4v) is 3.55. The highest BCUT2D eigenvalue weighted by molar-refractivity contribution is 6.34. The number of amides is 4. The quantitative estimate of drug-likeness (QED) is 0.232. The Morgan fingerprint density at radius 1 is 1.17 bits per heavy atom. The van der Waals surface area contributed by atoms with Crippen molar-refractivity contribution in [2.75, 3.05) is 18.6 Å². The van der Waals surface area contributed by atoms with Crippen molar-refractivity contribution in [2.45, 2.75) is 33.4 Å². The molecule has 11 nitrogen and oxygen atoms in total. The number of rotatable bonds is 9. The van der Waals surface area contributed by atoms with Crippen LogP contribution >= 0.6 is 11.6 Å². The zero-order chi connectivity index (χ0) is 26.6. The fraction of sp³-hybridized carbons (Fsp3) is 0.333. The number of nitro groups is 1. The Labute approximate surface area is 212 Å². The molecule has 2 aromatic rings. The van der Waals surface area contributed by atoms with E-state index in [1.807, 2.05) is 30.3 Å². The lowest BCUT2D eigenvalue weighted by Crippen LogP contribution is -2.46. The maximum absolute atomic E-state index is 13.0. The standard InChI is InChI=1S/C24H25ClN4O7/c1-24(2,3)21(31)20(22(32)26-18-11-16(29(34)35)9-10-17(18)25)36-14-28-19(30)13-27(23(28)33)12-15-7-5-4-6-8-15/h4-11,20H,12-14H2,1-3H3,(H,26,32). The van der Waals surface area contributed by atoms with Gasteiger partial charge in [0.25, 0.3) is 17.5 Å². The number of nitro benzene ring substituents is 1. The van der Waals surface area contributed by atoms with E-state index in [4.69, 9.17) is 16.3 Å². The van der Waals surface area contributed by atoms with E-state index in [0.717, 1.165) is 22.6 Å². The van der Waals surface area contributed by atoms with Crippen LogP contribution in [0.15, 0.2) is 48.5 Å². The summed E-state index contributed by atoms with van der Waals surface area (Å²) in [5.74, 6) is -2.11. The first-order valence-electron chi connectivity index (χ1n) is 10.9. The van der Waals surface area contributed by atoms with E-state index in [1.54, 1.807) is 20.8 Å². The zero-order valence-corrected chi connectivity index (χ0v) is 20.7. The van der Waals surface area contributed by atoms with Crippen molar-refractivity contribution in [2.24, 2.45) is 5.41 Å². The first-order valence-corrected chi connectivity index (χ1v) is 11.3. The van der Waals surface area contributed by atoms with Crippen LogP contribution in [0.3, 0.4) is 0 Å². The third-order valence-electron chi connectivity index (χ3n) is 5.35. The van der Waals surface area contributed by atoms with Crippen LogP contribution in [-0.4, -0.2) is 57.7 Å². The van der Waals surface area contributed by atoms with E-state index in [-0.39, 0.29) is 29.5 Å². The molecule has 0 bridgehead atoms. The first kappa shape index (κ1) is 26.8. The van der Waals surface area contributed by atoms with Gasteiger partial charge in [0.15, 0.2) is 11.9 Å². The van der Waals surface area contributed by atoms with Crippen LogP contribution in [0.4, 0.5) is 16.2 Å². The van der Waals surface area contributed by atoms with Gasteiger partial charge in [0.05, 0.1) is 15.6 Å². The molecule has 1 atom stereocenters. The van der Waals surface area contributed by atoms with Crippen molar-refractivity contribution in [3.63, 3.8) is 0 Å². The van der Waals surface area contributed by atoms with E-state index in [1.165, 1.54) is 11.0 Å². The predicted molar refractivity (Wildman–Crippen MR) is 130 cm³/mol. The summed E-state index contributed by atoms with van der Waals surface area (Å²) < 4.78 is 5.52. The molecule has 0 spiro atoms. The van der Waals surface area contributed by atoms with Gasteiger partial charge in [0.1, 0.15) is 13.3 Å². The second-order valence-electron chi connectivity index (χ2n) is 9.15. The van der Waals surface area contributed by atoms with Crippen molar-refractivity contribution in [1.82, 2.24) is 9.80 Å². The molecule has 1 saturated heterocycles. The third kappa shape index (κ3) is 6.23. The Balaban J connectivity index is 1.75. The minimum atomic E-state index is -1.72. The van der Waals surface area contributed by atoms with Crippen LogP contribution in [0.2, 0.25) is 5.02 Å². The lowest BCUT2D eigenvalue weighted by atomic mass is 9.87. The predicted octanol–water partition coefficient (Wildman–Crippen LogP) is 3.61. The number of imide groups is 1. The Kier molecular flexibility index (Phi) is 8.06. The SMILES string of the molecule is CC(C)(C)C(=O)C(OCN1C(=O)CN(Cc2ccccc2)C1=O)C(=O)Nc1cc([N+](=O)[O-])ccc1Cl. The average molecular weight is 517 g/mol. The molecule has 190 valence electrons. The molecule has 0 saturated carbocycles. The summed E-state index contributed by atoms with van der Waals surface area (Å²) in [7, 11) is 0. The molecule has 1 unspecified atom stereocenters. The third-order valence-corrected chi connectivity index (χ3v) is 5.68. The number of benzene rings is 2. The molecule has 0 radical (unpaired) electrons. The molecular formula is C24H25ClN4O7. The van der Waals surface area contributed by atoms with Crippen LogP contribution < -0.4 is 5.32 Å². The van der Waals surface area contributed by atoms with Gasteiger partial charge < -0.3 is 15.0 Å². The smallest absolute Gasteiger partial charge is 0.329 e. The van der Waals surface area contributed by atoms with Crippen molar-refractivity contribution >= 4 is 46.6 Å². The average Bonchev–Trinajstić information content (AvgIpc) is 3.07. The van der Waals surface area contributed by atoms with Crippen molar-refractivity contribution < 1.29 is 28.8 Å². The summed E-state index contributed by atoms with van der Waals surface area (Å²) in [5.41, 5.74) is -0.600. The number of halogens is 1. The molecular weight excluding hydrogens is 492 g/mol. The largest absolute Gasteiger partial charge is 0.339 e. The van der Waals surface area contributed by atoms with Gasteiger partial charge in [-0.15, -0.1) is 0 Å². The molecule has 1 aliphatic rings. The molecule has 1 heterocycles. The fourth-order valence-electron chi connectivity index (χ4n) is 3.38. The molecule has 0 aromatic heterocycles. The highest BCUT2D eigenvalue weighted by Crippen LogP contribution is 2.28. The van der Waals surface area contributed by atoms with Gasteiger partial charge in [-0.1, -0.05) is 62.7 Å². The number of carbonyl (C=O) groups is 4. The number of hydrogen-bond donors (Lipinski definition) is 1. The topological polar surface area (TPSA) is 139 Å². The monoisotopic (exact) mass is 516 g/mol. The first-order chi connectivity index (χ1) is 16.9. The molecule has 2 aromatic carbocycles.